The molecule has 1 heterocycles. The fourth-order valence-electron chi connectivity index (χ4n) is 2.11. The first-order chi connectivity index (χ1) is 9.58. The molecule has 0 spiro atoms. The van der Waals surface area contributed by atoms with E-state index in [1.807, 2.05) is 18.2 Å². The van der Waals surface area contributed by atoms with Gasteiger partial charge in [0.2, 0.25) is 0 Å². The Morgan fingerprint density at radius 3 is 2.70 bits per heavy atom. The highest BCUT2D eigenvalue weighted by Gasteiger charge is 2.19. The number of hydrogen-bond acceptors (Lipinski definition) is 1. The first-order valence-corrected chi connectivity index (χ1v) is 8.79. The Labute approximate surface area is 141 Å². The second kappa shape index (κ2) is 5.76. The first kappa shape index (κ1) is 14.5. The predicted octanol–water partition coefficient (Wildman–Crippen LogP) is 6.94. The van der Waals surface area contributed by atoms with E-state index in [1.54, 1.807) is 23.5 Å². The van der Waals surface area contributed by atoms with Crippen molar-refractivity contribution in [3.63, 3.8) is 0 Å². The second-order valence-corrected chi connectivity index (χ2v) is 7.42. The van der Waals surface area contributed by atoms with E-state index in [-0.39, 0.29) is 10.6 Å². The topological polar surface area (TPSA) is 0 Å². The summed E-state index contributed by atoms with van der Waals surface area (Å²) in [5.41, 5.74) is 1.65. The molecule has 0 bridgehead atoms. The standard InChI is InChI=1S/C15H8Br2ClFS/c16-12-3-1-2-9-11(7-20-15(9)12)14(17)10-5-4-8(18)6-13(10)19/h1-7,14H. The molecule has 1 atom stereocenters. The first-order valence-electron chi connectivity index (χ1n) is 5.82. The molecule has 1 aromatic heterocycles. The maximum atomic E-state index is 14.1. The van der Waals surface area contributed by atoms with Gasteiger partial charge in [-0.1, -0.05) is 45.7 Å². The highest BCUT2D eigenvalue weighted by molar-refractivity contribution is 9.10. The van der Waals surface area contributed by atoms with Crippen molar-refractivity contribution < 1.29 is 4.39 Å². The Bertz CT molecular complexity index is 785. The Morgan fingerprint density at radius 2 is 1.95 bits per heavy atom. The van der Waals surface area contributed by atoms with Crippen LogP contribution in [0.25, 0.3) is 10.1 Å². The van der Waals surface area contributed by atoms with Crippen LogP contribution in [0.1, 0.15) is 16.0 Å². The van der Waals surface area contributed by atoms with Crippen LogP contribution in [-0.2, 0) is 0 Å². The van der Waals surface area contributed by atoms with Gasteiger partial charge in [-0.15, -0.1) is 11.3 Å². The van der Waals surface area contributed by atoms with Crippen LogP contribution in [0.2, 0.25) is 5.02 Å². The number of alkyl halides is 1. The largest absolute Gasteiger partial charge is 0.207 e. The number of benzene rings is 2. The number of rotatable bonds is 2. The van der Waals surface area contributed by atoms with Crippen molar-refractivity contribution in [3.05, 3.63) is 68.2 Å². The molecule has 0 aliphatic rings. The molecule has 0 saturated heterocycles. The normalized spacial score (nSPS) is 12.8. The van der Waals surface area contributed by atoms with Crippen LogP contribution in [0.4, 0.5) is 4.39 Å². The average molecular weight is 435 g/mol. The van der Waals surface area contributed by atoms with Crippen LogP contribution in [0.15, 0.2) is 46.3 Å². The summed E-state index contributed by atoms with van der Waals surface area (Å²) in [7, 11) is 0. The zero-order valence-electron chi connectivity index (χ0n) is 10.0. The molecule has 3 aromatic rings. The van der Waals surface area contributed by atoms with E-state index in [9.17, 15) is 4.39 Å². The SMILES string of the molecule is Fc1cc(Cl)ccc1C(Br)c1csc2c(Br)cccc12. The summed E-state index contributed by atoms with van der Waals surface area (Å²) in [6, 6.07) is 10.8. The van der Waals surface area contributed by atoms with Crippen molar-refractivity contribution in [1.29, 1.82) is 0 Å². The minimum Gasteiger partial charge on any atom is -0.207 e. The third kappa shape index (κ3) is 2.54. The molecule has 0 nitrogen and oxygen atoms in total. The minimum atomic E-state index is -0.297. The molecule has 0 fully saturated rings. The van der Waals surface area contributed by atoms with Gasteiger partial charge in [0, 0.05) is 19.8 Å². The lowest BCUT2D eigenvalue weighted by Crippen LogP contribution is -1.95. The summed E-state index contributed by atoms with van der Waals surface area (Å²) in [6.45, 7) is 0. The van der Waals surface area contributed by atoms with Crippen molar-refractivity contribution in [2.24, 2.45) is 0 Å². The van der Waals surface area contributed by atoms with Crippen molar-refractivity contribution in [3.8, 4) is 0 Å². The average Bonchev–Trinajstić information content (AvgIpc) is 2.83. The lowest BCUT2D eigenvalue weighted by Gasteiger charge is -2.11. The molecule has 0 N–H and O–H groups in total. The van der Waals surface area contributed by atoms with Gasteiger partial charge in [0.15, 0.2) is 0 Å². The second-order valence-electron chi connectivity index (χ2n) is 4.34. The molecule has 1 unspecified atom stereocenters. The Morgan fingerprint density at radius 1 is 1.15 bits per heavy atom. The van der Waals surface area contributed by atoms with Crippen LogP contribution in [-0.4, -0.2) is 0 Å². The maximum Gasteiger partial charge on any atom is 0.129 e. The van der Waals surface area contributed by atoms with Crippen molar-refractivity contribution >= 4 is 64.9 Å². The van der Waals surface area contributed by atoms with Crippen LogP contribution >= 0.6 is 54.8 Å². The molecule has 102 valence electrons. The third-order valence-electron chi connectivity index (χ3n) is 3.09. The fraction of sp³-hybridized carbons (Fsp3) is 0.0667. The fourth-order valence-corrected chi connectivity index (χ4v) is 4.84. The maximum absolute atomic E-state index is 14.1. The van der Waals surface area contributed by atoms with E-state index < -0.39 is 0 Å². The quantitative estimate of drug-likeness (QED) is 0.383. The Kier molecular flexibility index (Phi) is 4.18. The van der Waals surface area contributed by atoms with Gasteiger partial charge in [0.05, 0.1) is 4.83 Å². The lowest BCUT2D eigenvalue weighted by molar-refractivity contribution is 0.614. The molecule has 0 aliphatic carbocycles. The van der Waals surface area contributed by atoms with Crippen molar-refractivity contribution in [2.75, 3.05) is 0 Å². The molecule has 0 saturated carbocycles. The molecule has 0 aliphatic heterocycles. The summed E-state index contributed by atoms with van der Waals surface area (Å²) in [5.74, 6) is -0.297. The van der Waals surface area contributed by atoms with E-state index in [0.717, 1.165) is 15.4 Å². The number of fused-ring (bicyclic) bond motifs is 1. The van der Waals surface area contributed by atoms with Crippen LogP contribution in [0, 0.1) is 5.82 Å². The van der Waals surface area contributed by atoms with Crippen molar-refractivity contribution in [1.82, 2.24) is 0 Å². The van der Waals surface area contributed by atoms with Gasteiger partial charge in [-0.25, -0.2) is 4.39 Å². The number of hydrogen-bond donors (Lipinski definition) is 0. The highest BCUT2D eigenvalue weighted by Crippen LogP contribution is 2.41. The molecule has 3 rings (SSSR count). The summed E-state index contributed by atoms with van der Waals surface area (Å²) in [5, 5.41) is 3.59. The van der Waals surface area contributed by atoms with E-state index >= 15 is 0 Å². The van der Waals surface area contributed by atoms with E-state index in [2.05, 4.69) is 37.2 Å². The van der Waals surface area contributed by atoms with Gasteiger partial charge in [-0.2, -0.15) is 0 Å². The lowest BCUT2D eigenvalue weighted by atomic mass is 10.0. The van der Waals surface area contributed by atoms with Gasteiger partial charge < -0.3 is 0 Å². The van der Waals surface area contributed by atoms with Crippen LogP contribution < -0.4 is 0 Å². The zero-order valence-corrected chi connectivity index (χ0v) is 14.8. The summed E-state index contributed by atoms with van der Waals surface area (Å²) in [6.07, 6.45) is 0. The molecule has 5 heteroatoms. The van der Waals surface area contributed by atoms with E-state index in [4.69, 9.17) is 11.6 Å². The van der Waals surface area contributed by atoms with E-state index in [0.29, 0.717) is 10.6 Å². The van der Waals surface area contributed by atoms with Gasteiger partial charge in [-0.05, 0) is 50.5 Å². The van der Waals surface area contributed by atoms with Crippen LogP contribution in [0.3, 0.4) is 0 Å². The highest BCUT2D eigenvalue weighted by atomic mass is 79.9. The zero-order chi connectivity index (χ0) is 14.3. The molecule has 0 amide bonds. The smallest absolute Gasteiger partial charge is 0.129 e. The van der Waals surface area contributed by atoms with E-state index in [1.165, 1.54) is 10.8 Å². The minimum absolute atomic E-state index is 0.192. The monoisotopic (exact) mass is 432 g/mol. The summed E-state index contributed by atoms with van der Waals surface area (Å²) < 4.78 is 16.3. The van der Waals surface area contributed by atoms with Gasteiger partial charge in [-0.3, -0.25) is 0 Å². The molecule has 0 radical (unpaired) electrons. The summed E-state index contributed by atoms with van der Waals surface area (Å²) >= 11 is 14.6. The number of thiophene rings is 1. The van der Waals surface area contributed by atoms with Gasteiger partial charge in [0.25, 0.3) is 0 Å². The predicted molar refractivity (Wildman–Crippen MR) is 91.7 cm³/mol. The van der Waals surface area contributed by atoms with Crippen LogP contribution in [0.5, 0.6) is 0 Å². The Balaban J connectivity index is 2.13. The van der Waals surface area contributed by atoms with Crippen molar-refractivity contribution in [2.45, 2.75) is 4.83 Å². The Hall–Kier alpha value is -0.420. The summed E-state index contributed by atoms with van der Waals surface area (Å²) in [4.78, 5) is -0.192. The molecular weight excluding hydrogens is 426 g/mol. The molecule has 20 heavy (non-hydrogen) atoms. The number of halogens is 4. The van der Waals surface area contributed by atoms with Gasteiger partial charge >= 0.3 is 0 Å². The van der Waals surface area contributed by atoms with Gasteiger partial charge in [0.1, 0.15) is 5.82 Å². The molecule has 2 aromatic carbocycles. The third-order valence-corrected chi connectivity index (χ3v) is 6.28. The molecular formula is C15H8Br2ClFS.